The van der Waals surface area contributed by atoms with Crippen molar-refractivity contribution in [3.05, 3.63) is 35.5 Å². The highest BCUT2D eigenvalue weighted by Gasteiger charge is 2.21. The zero-order chi connectivity index (χ0) is 12.6. The van der Waals surface area contributed by atoms with E-state index in [-0.39, 0.29) is 0 Å². The molecule has 2 rings (SSSR count). The first-order valence-corrected chi connectivity index (χ1v) is 5.55. The van der Waals surface area contributed by atoms with Gasteiger partial charge in [0, 0.05) is 17.4 Å². The van der Waals surface area contributed by atoms with Crippen LogP contribution in [0.2, 0.25) is 0 Å². The van der Waals surface area contributed by atoms with Crippen LogP contribution in [0.15, 0.2) is 24.3 Å². The number of hydrogen-bond acceptors (Lipinski definition) is 2. The van der Waals surface area contributed by atoms with Gasteiger partial charge in [0.15, 0.2) is 6.10 Å². The maximum absolute atomic E-state index is 10.8. The summed E-state index contributed by atoms with van der Waals surface area (Å²) in [5.41, 5.74) is 2.50. The summed E-state index contributed by atoms with van der Waals surface area (Å²) in [6.45, 7) is 4.54. The molecule has 1 heterocycles. The van der Waals surface area contributed by atoms with Gasteiger partial charge in [0.25, 0.3) is 0 Å². The van der Waals surface area contributed by atoms with Crippen LogP contribution >= 0.6 is 0 Å². The number of benzene rings is 1. The van der Waals surface area contributed by atoms with Gasteiger partial charge in [-0.1, -0.05) is 11.6 Å². The Hall–Kier alpha value is -1.81. The third-order valence-electron chi connectivity index (χ3n) is 2.92. The summed E-state index contributed by atoms with van der Waals surface area (Å²) in [6.07, 6.45) is -1.47. The van der Waals surface area contributed by atoms with Crippen LogP contribution in [0.1, 0.15) is 24.3 Å². The Kier molecular flexibility index (Phi) is 2.90. The van der Waals surface area contributed by atoms with E-state index in [0.29, 0.717) is 12.2 Å². The van der Waals surface area contributed by atoms with Gasteiger partial charge in [-0.05, 0) is 32.0 Å². The third-order valence-corrected chi connectivity index (χ3v) is 2.92. The second kappa shape index (κ2) is 4.22. The van der Waals surface area contributed by atoms with Crippen LogP contribution in [-0.4, -0.2) is 20.7 Å². The molecular weight excluding hydrogens is 218 g/mol. The lowest BCUT2D eigenvalue weighted by Gasteiger charge is -2.10. The van der Waals surface area contributed by atoms with Gasteiger partial charge in [-0.2, -0.15) is 0 Å². The highest BCUT2D eigenvalue weighted by atomic mass is 16.4. The van der Waals surface area contributed by atoms with Crippen molar-refractivity contribution in [1.82, 2.24) is 4.57 Å². The molecule has 0 saturated heterocycles. The van der Waals surface area contributed by atoms with Crippen LogP contribution in [-0.2, 0) is 11.3 Å². The molecule has 1 aromatic heterocycles. The number of aromatic nitrogens is 1. The molecule has 1 unspecified atom stereocenters. The van der Waals surface area contributed by atoms with Crippen LogP contribution in [0.5, 0.6) is 0 Å². The van der Waals surface area contributed by atoms with Gasteiger partial charge in [0.1, 0.15) is 0 Å². The molecule has 0 aliphatic rings. The molecule has 0 bridgehead atoms. The number of aliphatic carboxylic acids is 1. The molecule has 90 valence electrons. The number of rotatable bonds is 3. The monoisotopic (exact) mass is 233 g/mol. The van der Waals surface area contributed by atoms with E-state index in [1.165, 1.54) is 0 Å². The lowest BCUT2D eigenvalue weighted by atomic mass is 10.2. The summed E-state index contributed by atoms with van der Waals surface area (Å²) in [5, 5.41) is 19.5. The summed E-state index contributed by atoms with van der Waals surface area (Å²) < 4.78 is 1.83. The van der Waals surface area contributed by atoms with Gasteiger partial charge in [0.05, 0.1) is 5.69 Å². The fourth-order valence-electron chi connectivity index (χ4n) is 2.12. The lowest BCUT2D eigenvalue weighted by Crippen LogP contribution is -2.14. The Morgan fingerprint density at radius 1 is 1.41 bits per heavy atom. The van der Waals surface area contributed by atoms with Gasteiger partial charge < -0.3 is 14.8 Å². The van der Waals surface area contributed by atoms with Crippen molar-refractivity contribution >= 4 is 16.9 Å². The van der Waals surface area contributed by atoms with E-state index < -0.39 is 12.1 Å². The number of aliphatic hydroxyl groups excluding tert-OH is 1. The molecule has 0 spiro atoms. The maximum Gasteiger partial charge on any atom is 0.338 e. The minimum Gasteiger partial charge on any atom is -0.479 e. The molecular formula is C13H15NO3. The average molecular weight is 233 g/mol. The number of carboxylic acids is 1. The number of nitrogens with zero attached hydrogens (tertiary/aromatic N) is 1. The van der Waals surface area contributed by atoms with Gasteiger partial charge in [0.2, 0.25) is 0 Å². The molecule has 4 nitrogen and oxygen atoms in total. The number of hydrogen-bond donors (Lipinski definition) is 2. The average Bonchev–Trinajstić information content (AvgIpc) is 2.64. The first-order valence-electron chi connectivity index (χ1n) is 5.55. The predicted molar refractivity (Wildman–Crippen MR) is 64.9 cm³/mol. The van der Waals surface area contributed by atoms with Crippen molar-refractivity contribution in [1.29, 1.82) is 0 Å². The zero-order valence-corrected chi connectivity index (χ0v) is 9.84. The van der Waals surface area contributed by atoms with E-state index in [1.54, 1.807) is 6.07 Å². The Balaban J connectivity index is 2.67. The third kappa shape index (κ3) is 1.91. The van der Waals surface area contributed by atoms with Crippen molar-refractivity contribution in [3.8, 4) is 0 Å². The van der Waals surface area contributed by atoms with E-state index in [2.05, 4.69) is 0 Å². The zero-order valence-electron chi connectivity index (χ0n) is 9.84. The molecule has 0 aliphatic carbocycles. The van der Waals surface area contributed by atoms with Crippen LogP contribution < -0.4 is 0 Å². The fraction of sp³-hybridized carbons (Fsp3) is 0.308. The molecule has 0 radical (unpaired) electrons. The summed E-state index contributed by atoms with van der Waals surface area (Å²) >= 11 is 0. The summed E-state index contributed by atoms with van der Waals surface area (Å²) in [4.78, 5) is 10.8. The van der Waals surface area contributed by atoms with Crippen molar-refractivity contribution in [2.24, 2.45) is 0 Å². The Morgan fingerprint density at radius 3 is 2.71 bits per heavy atom. The number of fused-ring (bicyclic) bond motifs is 1. The van der Waals surface area contributed by atoms with Crippen LogP contribution in [0.3, 0.4) is 0 Å². The Labute approximate surface area is 99.1 Å². The molecule has 17 heavy (non-hydrogen) atoms. The molecule has 2 aromatic rings. The lowest BCUT2D eigenvalue weighted by molar-refractivity contribution is -0.147. The first kappa shape index (κ1) is 11.7. The highest BCUT2D eigenvalue weighted by molar-refractivity contribution is 5.84. The minimum atomic E-state index is -1.47. The molecule has 1 atom stereocenters. The second-order valence-corrected chi connectivity index (χ2v) is 4.12. The van der Waals surface area contributed by atoms with E-state index >= 15 is 0 Å². The van der Waals surface area contributed by atoms with Crippen molar-refractivity contribution in [2.45, 2.75) is 26.5 Å². The molecule has 0 fully saturated rings. The Morgan fingerprint density at radius 2 is 2.12 bits per heavy atom. The van der Waals surface area contributed by atoms with Crippen LogP contribution in [0.25, 0.3) is 10.9 Å². The predicted octanol–water partition coefficient (Wildman–Crippen LogP) is 2.09. The van der Waals surface area contributed by atoms with E-state index in [4.69, 9.17) is 5.11 Å². The molecule has 0 amide bonds. The summed E-state index contributed by atoms with van der Waals surface area (Å²) in [6, 6.07) is 7.65. The summed E-state index contributed by atoms with van der Waals surface area (Å²) in [7, 11) is 0. The Bertz CT molecular complexity index is 571. The molecule has 1 aromatic carbocycles. The largest absolute Gasteiger partial charge is 0.479 e. The number of carbonyl (C=O) groups is 1. The first-order chi connectivity index (χ1) is 8.04. The fourth-order valence-corrected chi connectivity index (χ4v) is 2.12. The smallest absolute Gasteiger partial charge is 0.338 e. The molecule has 4 heteroatoms. The number of aryl methyl sites for hydroxylation is 2. The maximum atomic E-state index is 10.8. The SMILES string of the molecule is CCn1c(C(O)C(=O)O)cc2cc(C)ccc21. The van der Waals surface area contributed by atoms with E-state index in [1.807, 2.05) is 36.6 Å². The second-order valence-electron chi connectivity index (χ2n) is 4.12. The number of carboxylic acid groups (broad SMARTS) is 1. The molecule has 2 N–H and O–H groups in total. The van der Waals surface area contributed by atoms with Crippen molar-refractivity contribution < 1.29 is 15.0 Å². The van der Waals surface area contributed by atoms with Crippen molar-refractivity contribution in [2.75, 3.05) is 0 Å². The van der Waals surface area contributed by atoms with Gasteiger partial charge in [-0.25, -0.2) is 4.79 Å². The normalized spacial score (nSPS) is 12.9. The van der Waals surface area contributed by atoms with E-state index in [0.717, 1.165) is 16.5 Å². The minimum absolute atomic E-state index is 0.431. The molecule has 0 aliphatic heterocycles. The summed E-state index contributed by atoms with van der Waals surface area (Å²) in [5.74, 6) is -1.22. The standard InChI is InChI=1S/C13H15NO3/c1-3-14-10-5-4-8(2)6-9(10)7-11(14)12(15)13(16)17/h4-7,12,15H,3H2,1-2H3,(H,16,17). The van der Waals surface area contributed by atoms with E-state index in [9.17, 15) is 9.90 Å². The van der Waals surface area contributed by atoms with Gasteiger partial charge in [-0.3, -0.25) is 0 Å². The van der Waals surface area contributed by atoms with Gasteiger partial charge >= 0.3 is 5.97 Å². The van der Waals surface area contributed by atoms with Gasteiger partial charge in [-0.15, -0.1) is 0 Å². The highest BCUT2D eigenvalue weighted by Crippen LogP contribution is 2.25. The molecule has 0 saturated carbocycles. The quantitative estimate of drug-likeness (QED) is 0.853. The van der Waals surface area contributed by atoms with Crippen LogP contribution in [0, 0.1) is 6.92 Å². The van der Waals surface area contributed by atoms with Crippen molar-refractivity contribution in [3.63, 3.8) is 0 Å². The number of aliphatic hydroxyl groups is 1. The topological polar surface area (TPSA) is 62.5 Å². The van der Waals surface area contributed by atoms with Crippen LogP contribution in [0.4, 0.5) is 0 Å².